The molecule has 0 radical (unpaired) electrons. The van der Waals surface area contributed by atoms with Gasteiger partial charge in [0.1, 0.15) is 0 Å². The Hall–Kier alpha value is 0.543. The zero-order valence-corrected chi connectivity index (χ0v) is 21.3. The first-order chi connectivity index (χ1) is 11.9. The van der Waals surface area contributed by atoms with Crippen molar-refractivity contribution in [1.29, 1.82) is 0 Å². The van der Waals surface area contributed by atoms with E-state index in [9.17, 15) is 0 Å². The summed E-state index contributed by atoms with van der Waals surface area (Å²) in [6.07, 6.45) is 18.6. The van der Waals surface area contributed by atoms with Crippen LogP contribution in [-0.4, -0.2) is 13.3 Å². The molecule has 0 aliphatic heterocycles. The Labute approximate surface area is 168 Å². The molecule has 0 saturated heterocycles. The average molecular weight is 421 g/mol. The van der Waals surface area contributed by atoms with E-state index in [1.54, 1.807) is 38.5 Å². The van der Waals surface area contributed by atoms with Crippen LogP contribution in [0.3, 0.4) is 0 Å². The molecular weight excluding hydrogens is 373 g/mol. The van der Waals surface area contributed by atoms with E-state index in [1.807, 2.05) is 0 Å². The topological polar surface area (TPSA) is 0 Å². The summed E-state index contributed by atoms with van der Waals surface area (Å²) >= 11 is -1.88. The Balaban J connectivity index is 1.79. The van der Waals surface area contributed by atoms with Crippen molar-refractivity contribution in [2.24, 2.45) is 16.2 Å². The molecule has 3 rings (SSSR count). The van der Waals surface area contributed by atoms with Crippen molar-refractivity contribution in [1.82, 2.24) is 0 Å². The standard InChI is InChI=1S/C25H48Ge/c1-23(2)14-8-20(9-15-23)26(7,21-10-16-24(3,4)17-11-21)22-12-18-25(5,6)19-13-22/h20-22H,8-19H2,1-7H3. The van der Waals surface area contributed by atoms with Crippen molar-refractivity contribution in [3.8, 4) is 0 Å². The zero-order chi connectivity index (χ0) is 19.2. The predicted octanol–water partition coefficient (Wildman–Crippen LogP) is 8.98. The van der Waals surface area contributed by atoms with E-state index >= 15 is 0 Å². The summed E-state index contributed by atoms with van der Waals surface area (Å²) in [6.45, 7) is 15.2. The van der Waals surface area contributed by atoms with Crippen LogP contribution in [0.1, 0.15) is 119 Å². The van der Waals surface area contributed by atoms with E-state index in [0.29, 0.717) is 16.2 Å². The Morgan fingerprint density at radius 3 is 0.846 bits per heavy atom. The summed E-state index contributed by atoms with van der Waals surface area (Å²) in [5, 5.41) is 0. The summed E-state index contributed by atoms with van der Waals surface area (Å²) < 4.78 is 3.54. The molecule has 0 aromatic carbocycles. The zero-order valence-electron chi connectivity index (χ0n) is 19.2. The Morgan fingerprint density at radius 1 is 0.462 bits per heavy atom. The summed E-state index contributed by atoms with van der Waals surface area (Å²) in [5.41, 5.74) is 1.88. The van der Waals surface area contributed by atoms with E-state index < -0.39 is 13.3 Å². The second-order valence-corrected chi connectivity index (χ2v) is 24.1. The van der Waals surface area contributed by atoms with Crippen molar-refractivity contribution >= 4 is 13.3 Å². The van der Waals surface area contributed by atoms with Crippen LogP contribution in [0.2, 0.25) is 20.0 Å². The fourth-order valence-corrected chi connectivity index (χ4v) is 20.9. The average Bonchev–Trinajstić information content (AvgIpc) is 2.54. The fourth-order valence-electron chi connectivity index (χ4n) is 7.06. The molecule has 0 aromatic heterocycles. The first kappa shape index (κ1) is 21.3. The maximum absolute atomic E-state index is 2.97. The Kier molecular flexibility index (Phi) is 6.06. The summed E-state index contributed by atoms with van der Waals surface area (Å²) in [4.78, 5) is 0. The van der Waals surface area contributed by atoms with E-state index in [4.69, 9.17) is 0 Å². The van der Waals surface area contributed by atoms with Crippen LogP contribution in [0.15, 0.2) is 0 Å². The van der Waals surface area contributed by atoms with Crippen LogP contribution >= 0.6 is 0 Å². The van der Waals surface area contributed by atoms with Gasteiger partial charge in [-0.05, 0) is 0 Å². The summed E-state index contributed by atoms with van der Waals surface area (Å²) in [5.74, 6) is 2.97. The van der Waals surface area contributed by atoms with E-state index in [-0.39, 0.29) is 0 Å². The molecule has 0 N–H and O–H groups in total. The second kappa shape index (κ2) is 7.42. The SMILES string of the molecule is CC1(C)CC[CH]([Ge]([CH3])([CH]2CCC(C)(C)CC2)[CH]2CCC(C)(C)CC2)CC1. The third-order valence-corrected chi connectivity index (χ3v) is 24.4. The number of hydrogen-bond donors (Lipinski definition) is 0. The quantitative estimate of drug-likeness (QED) is 0.399. The Bertz CT molecular complexity index is 387. The van der Waals surface area contributed by atoms with Crippen molar-refractivity contribution < 1.29 is 0 Å². The molecule has 0 bridgehead atoms. The van der Waals surface area contributed by atoms with Crippen molar-refractivity contribution in [3.05, 3.63) is 0 Å². The monoisotopic (exact) mass is 422 g/mol. The molecule has 0 nitrogen and oxygen atoms in total. The van der Waals surface area contributed by atoms with E-state index in [0.717, 1.165) is 0 Å². The molecule has 3 fully saturated rings. The second-order valence-electron chi connectivity index (χ2n) is 13.2. The van der Waals surface area contributed by atoms with Gasteiger partial charge >= 0.3 is 168 Å². The van der Waals surface area contributed by atoms with Gasteiger partial charge in [0.05, 0.1) is 0 Å². The van der Waals surface area contributed by atoms with E-state index in [2.05, 4.69) is 47.3 Å². The molecule has 0 amide bonds. The van der Waals surface area contributed by atoms with Gasteiger partial charge < -0.3 is 0 Å². The third kappa shape index (κ3) is 4.57. The molecule has 0 aromatic rings. The molecule has 3 aliphatic rings. The first-order valence-electron chi connectivity index (χ1n) is 11.9. The minimum atomic E-state index is -1.88. The number of hydrogen-bond acceptors (Lipinski definition) is 0. The van der Waals surface area contributed by atoms with Crippen LogP contribution in [0.4, 0.5) is 0 Å². The van der Waals surface area contributed by atoms with Gasteiger partial charge in [0.15, 0.2) is 0 Å². The minimum absolute atomic E-state index is 0.628. The summed E-state index contributed by atoms with van der Waals surface area (Å²) in [6, 6.07) is 0. The maximum atomic E-state index is 2.97. The van der Waals surface area contributed by atoms with Crippen molar-refractivity contribution in [3.63, 3.8) is 0 Å². The molecule has 0 heterocycles. The molecule has 0 unspecified atom stereocenters. The molecule has 0 spiro atoms. The molecule has 1 heteroatoms. The molecule has 26 heavy (non-hydrogen) atoms. The van der Waals surface area contributed by atoms with E-state index in [1.165, 1.54) is 52.8 Å². The normalized spacial score (nSPS) is 31.0. The summed E-state index contributed by atoms with van der Waals surface area (Å²) in [7, 11) is 0. The van der Waals surface area contributed by atoms with Crippen LogP contribution in [-0.2, 0) is 0 Å². The van der Waals surface area contributed by atoms with Crippen LogP contribution in [0, 0.1) is 16.2 Å². The van der Waals surface area contributed by atoms with Gasteiger partial charge in [0, 0.05) is 0 Å². The fraction of sp³-hybridized carbons (Fsp3) is 1.00. The van der Waals surface area contributed by atoms with Gasteiger partial charge in [-0.15, -0.1) is 0 Å². The van der Waals surface area contributed by atoms with Crippen molar-refractivity contribution in [2.45, 2.75) is 139 Å². The molecule has 3 aliphatic carbocycles. The molecule has 0 atom stereocenters. The first-order valence-corrected chi connectivity index (χ1v) is 17.7. The Morgan fingerprint density at radius 2 is 0.654 bits per heavy atom. The molecule has 3 saturated carbocycles. The number of rotatable bonds is 3. The molecular formula is C25H48Ge. The van der Waals surface area contributed by atoms with Gasteiger partial charge in [0.2, 0.25) is 0 Å². The van der Waals surface area contributed by atoms with Crippen LogP contribution in [0.25, 0.3) is 0 Å². The van der Waals surface area contributed by atoms with Gasteiger partial charge in [-0.1, -0.05) is 0 Å². The van der Waals surface area contributed by atoms with Crippen LogP contribution < -0.4 is 0 Å². The van der Waals surface area contributed by atoms with Gasteiger partial charge in [-0.25, -0.2) is 0 Å². The van der Waals surface area contributed by atoms with Gasteiger partial charge in [0.25, 0.3) is 0 Å². The predicted molar refractivity (Wildman–Crippen MR) is 120 cm³/mol. The van der Waals surface area contributed by atoms with Crippen molar-refractivity contribution in [2.75, 3.05) is 0 Å². The molecule has 152 valence electrons. The van der Waals surface area contributed by atoms with Crippen LogP contribution in [0.5, 0.6) is 0 Å². The van der Waals surface area contributed by atoms with Gasteiger partial charge in [-0.3, -0.25) is 0 Å². The van der Waals surface area contributed by atoms with Gasteiger partial charge in [-0.2, -0.15) is 0 Å². The third-order valence-electron chi connectivity index (χ3n) is 9.66.